The Balaban J connectivity index is 1.20. The maximum atomic E-state index is 5.10. The average Bonchev–Trinajstić information content (AvgIpc) is 3.54. The van der Waals surface area contributed by atoms with Crippen LogP contribution in [0.1, 0.15) is 0 Å². The topological polar surface area (TPSA) is 64.5 Å². The van der Waals surface area contributed by atoms with E-state index in [0.29, 0.717) is 17.5 Å². The largest absolute Gasteiger partial charge is 0.254 e. The highest BCUT2D eigenvalue weighted by atomic mass is 32.1. The molecule has 4 aromatic heterocycles. The van der Waals surface area contributed by atoms with Gasteiger partial charge in [-0.1, -0.05) is 121 Å². The second-order valence-electron chi connectivity index (χ2n) is 11.3. The van der Waals surface area contributed by atoms with E-state index in [0.717, 1.165) is 55.4 Å². The van der Waals surface area contributed by atoms with Gasteiger partial charge < -0.3 is 0 Å². The molecule has 9 aromatic rings. The minimum absolute atomic E-state index is 0.619. The van der Waals surface area contributed by atoms with Crippen molar-refractivity contribution < 1.29 is 0 Å². The molecule has 0 aliphatic rings. The van der Waals surface area contributed by atoms with Gasteiger partial charge in [0.05, 0.1) is 11.4 Å². The first-order chi connectivity index (χ1) is 23.3. The minimum Gasteiger partial charge on any atom is -0.254 e. The average molecular weight is 620 g/mol. The predicted octanol–water partition coefficient (Wildman–Crippen LogP) is 10.5. The van der Waals surface area contributed by atoms with E-state index in [1.54, 1.807) is 11.3 Å². The third-order valence-electron chi connectivity index (χ3n) is 8.44. The SMILES string of the molecule is c1ccc(-c2nc(-c3ccccc3)nc(-c3cccc(-c4cnc(-c5nccc6sc7ccccc7c56)c5ccccc45)c3)n2)cc1. The van der Waals surface area contributed by atoms with Crippen LogP contribution < -0.4 is 0 Å². The Bertz CT molecular complexity index is 2520. The van der Waals surface area contributed by atoms with Crippen LogP contribution in [0.25, 0.3) is 87.6 Å². The van der Waals surface area contributed by atoms with E-state index >= 15 is 0 Å². The van der Waals surface area contributed by atoms with Crippen LogP contribution in [0, 0.1) is 0 Å². The van der Waals surface area contributed by atoms with Crippen LogP contribution >= 0.6 is 11.3 Å². The van der Waals surface area contributed by atoms with E-state index in [2.05, 4.69) is 78.9 Å². The Morgan fingerprint density at radius 2 is 0.979 bits per heavy atom. The monoisotopic (exact) mass is 619 g/mol. The highest BCUT2D eigenvalue weighted by Crippen LogP contribution is 2.41. The number of thiophene rings is 1. The maximum absolute atomic E-state index is 5.10. The Morgan fingerprint density at radius 1 is 0.404 bits per heavy atom. The van der Waals surface area contributed by atoms with E-state index in [4.69, 9.17) is 24.9 Å². The van der Waals surface area contributed by atoms with E-state index < -0.39 is 0 Å². The van der Waals surface area contributed by atoms with Gasteiger partial charge in [0.25, 0.3) is 0 Å². The number of hydrogen-bond acceptors (Lipinski definition) is 6. The van der Waals surface area contributed by atoms with E-state index in [9.17, 15) is 0 Å². The lowest BCUT2D eigenvalue weighted by molar-refractivity contribution is 1.07. The molecular weight excluding hydrogens is 595 g/mol. The molecule has 0 N–H and O–H groups in total. The third-order valence-corrected chi connectivity index (χ3v) is 9.58. The first-order valence-corrected chi connectivity index (χ1v) is 16.2. The van der Waals surface area contributed by atoms with Gasteiger partial charge in [-0.25, -0.2) is 15.0 Å². The molecule has 0 bridgehead atoms. The summed E-state index contributed by atoms with van der Waals surface area (Å²) in [5.74, 6) is 1.89. The summed E-state index contributed by atoms with van der Waals surface area (Å²) in [6, 6.07) is 47.5. The number of fused-ring (bicyclic) bond motifs is 4. The van der Waals surface area contributed by atoms with Gasteiger partial charge >= 0.3 is 0 Å². The first-order valence-electron chi connectivity index (χ1n) is 15.4. The van der Waals surface area contributed by atoms with Crippen LogP contribution in [-0.4, -0.2) is 24.9 Å². The zero-order chi connectivity index (χ0) is 31.2. The molecule has 5 aromatic carbocycles. The highest BCUT2D eigenvalue weighted by molar-refractivity contribution is 7.25. The second-order valence-corrected chi connectivity index (χ2v) is 12.4. The van der Waals surface area contributed by atoms with Crippen molar-refractivity contribution in [2.75, 3.05) is 0 Å². The molecule has 6 heteroatoms. The van der Waals surface area contributed by atoms with Crippen LogP contribution in [0.15, 0.2) is 152 Å². The highest BCUT2D eigenvalue weighted by Gasteiger charge is 2.18. The van der Waals surface area contributed by atoms with Crippen molar-refractivity contribution in [2.45, 2.75) is 0 Å². The fourth-order valence-corrected chi connectivity index (χ4v) is 7.33. The Labute approximate surface area is 275 Å². The summed E-state index contributed by atoms with van der Waals surface area (Å²) in [6.45, 7) is 0. The summed E-state index contributed by atoms with van der Waals surface area (Å²) in [6.07, 6.45) is 3.87. The summed E-state index contributed by atoms with van der Waals surface area (Å²) in [5.41, 5.74) is 6.65. The van der Waals surface area contributed by atoms with Crippen LogP contribution in [0.4, 0.5) is 0 Å². The van der Waals surface area contributed by atoms with Crippen LogP contribution in [0.2, 0.25) is 0 Å². The molecule has 4 heterocycles. The summed E-state index contributed by atoms with van der Waals surface area (Å²) >= 11 is 1.79. The van der Waals surface area contributed by atoms with Crippen molar-refractivity contribution >= 4 is 42.3 Å². The van der Waals surface area contributed by atoms with Gasteiger partial charge in [-0.3, -0.25) is 9.97 Å². The van der Waals surface area contributed by atoms with Crippen LogP contribution in [0.3, 0.4) is 0 Å². The van der Waals surface area contributed by atoms with Crippen molar-refractivity contribution in [1.82, 2.24) is 24.9 Å². The first kappa shape index (κ1) is 27.2. The van der Waals surface area contributed by atoms with Gasteiger partial charge in [-0.05, 0) is 29.1 Å². The van der Waals surface area contributed by atoms with Crippen LogP contribution in [-0.2, 0) is 0 Å². The molecule has 47 heavy (non-hydrogen) atoms. The van der Waals surface area contributed by atoms with Crippen molar-refractivity contribution in [3.8, 4) is 56.7 Å². The number of hydrogen-bond donors (Lipinski definition) is 0. The van der Waals surface area contributed by atoms with Gasteiger partial charge in [0.1, 0.15) is 0 Å². The summed E-state index contributed by atoms with van der Waals surface area (Å²) in [7, 11) is 0. The summed E-state index contributed by atoms with van der Waals surface area (Å²) in [4.78, 5) is 24.8. The van der Waals surface area contributed by atoms with E-state index in [1.165, 1.54) is 14.8 Å². The molecule has 0 unspecified atom stereocenters. The van der Waals surface area contributed by atoms with E-state index in [1.807, 2.05) is 73.1 Å². The molecule has 220 valence electrons. The van der Waals surface area contributed by atoms with Crippen molar-refractivity contribution in [3.63, 3.8) is 0 Å². The summed E-state index contributed by atoms with van der Waals surface area (Å²) < 4.78 is 2.46. The Hall–Kier alpha value is -6.11. The smallest absolute Gasteiger partial charge is 0.164 e. The van der Waals surface area contributed by atoms with Crippen molar-refractivity contribution in [3.05, 3.63) is 152 Å². The molecule has 5 nitrogen and oxygen atoms in total. The molecule has 0 saturated carbocycles. The molecule has 0 atom stereocenters. The lowest BCUT2D eigenvalue weighted by atomic mass is 9.96. The number of aromatic nitrogens is 5. The fourth-order valence-electron chi connectivity index (χ4n) is 6.22. The van der Waals surface area contributed by atoms with Gasteiger partial charge in [0.2, 0.25) is 0 Å². The predicted molar refractivity (Wildman–Crippen MR) is 193 cm³/mol. The molecule has 9 rings (SSSR count). The molecule has 0 spiro atoms. The number of benzene rings is 5. The van der Waals surface area contributed by atoms with Gasteiger partial charge in [0, 0.05) is 60.2 Å². The fraction of sp³-hybridized carbons (Fsp3) is 0. The lowest BCUT2D eigenvalue weighted by Gasteiger charge is -2.13. The van der Waals surface area contributed by atoms with Crippen molar-refractivity contribution in [2.24, 2.45) is 0 Å². The van der Waals surface area contributed by atoms with E-state index in [-0.39, 0.29) is 0 Å². The third kappa shape index (κ3) is 4.83. The number of pyridine rings is 2. The molecule has 0 aliphatic heterocycles. The molecule has 0 aliphatic carbocycles. The van der Waals surface area contributed by atoms with Crippen LogP contribution in [0.5, 0.6) is 0 Å². The molecule has 0 radical (unpaired) electrons. The van der Waals surface area contributed by atoms with Gasteiger partial charge in [-0.2, -0.15) is 0 Å². The Kier molecular flexibility index (Phi) is 6.58. The normalized spacial score (nSPS) is 11.4. The molecule has 0 saturated heterocycles. The quantitative estimate of drug-likeness (QED) is 0.192. The summed E-state index contributed by atoms with van der Waals surface area (Å²) in [5, 5.41) is 4.53. The standard InChI is InChI=1S/C41H25N5S/c1-3-12-26(13-4-1)39-44-40(27-14-5-2-6-15-27)46-41(45-39)29-17-11-16-28(24-29)33-25-43-37(31-19-8-7-18-30(31)33)38-36-32-20-9-10-21-34(32)47-35(36)22-23-42-38/h1-25H. The lowest BCUT2D eigenvalue weighted by Crippen LogP contribution is -2.00. The number of nitrogens with zero attached hydrogens (tertiary/aromatic N) is 5. The maximum Gasteiger partial charge on any atom is 0.164 e. The van der Waals surface area contributed by atoms with Crippen molar-refractivity contribution in [1.29, 1.82) is 0 Å². The second kappa shape index (κ2) is 11.4. The molecule has 0 fully saturated rings. The molecular formula is C41H25N5S. The zero-order valence-corrected chi connectivity index (χ0v) is 25.9. The van der Waals surface area contributed by atoms with Gasteiger partial charge in [-0.15, -0.1) is 11.3 Å². The minimum atomic E-state index is 0.619. The Morgan fingerprint density at radius 3 is 1.70 bits per heavy atom. The zero-order valence-electron chi connectivity index (χ0n) is 25.1. The number of rotatable bonds is 5. The molecule has 0 amide bonds. The van der Waals surface area contributed by atoms with Gasteiger partial charge in [0.15, 0.2) is 17.5 Å².